The highest BCUT2D eigenvalue weighted by Crippen LogP contribution is 2.29. The van der Waals surface area contributed by atoms with E-state index >= 15 is 0 Å². The number of amides is 1. The number of hydrogen-bond donors (Lipinski definition) is 1. The first-order valence-electron chi connectivity index (χ1n) is 7.29. The number of benzene rings is 2. The molecule has 0 aromatic heterocycles. The minimum atomic E-state index is -0.346. The lowest BCUT2D eigenvalue weighted by molar-refractivity contribution is 0.0952. The molecule has 0 saturated heterocycles. The quantitative estimate of drug-likeness (QED) is 0.654. The third-order valence-electron chi connectivity index (χ3n) is 3.49. The molecule has 0 saturated carbocycles. The highest BCUT2D eigenvalue weighted by molar-refractivity contribution is 5.97. The van der Waals surface area contributed by atoms with Gasteiger partial charge in [-0.25, -0.2) is 5.43 Å². The SMILES string of the molecule is COc1cc(C)c(/C=N\NC(=O)c2ccccc2OC)cc1OC. The van der Waals surface area contributed by atoms with E-state index in [9.17, 15) is 4.79 Å². The highest BCUT2D eigenvalue weighted by Gasteiger charge is 2.10. The molecule has 0 spiro atoms. The van der Waals surface area contributed by atoms with Crippen molar-refractivity contribution in [3.05, 3.63) is 53.1 Å². The van der Waals surface area contributed by atoms with Crippen LogP contribution in [0.2, 0.25) is 0 Å². The average Bonchev–Trinajstić information content (AvgIpc) is 2.62. The predicted octanol–water partition coefficient (Wildman–Crippen LogP) is 2.78. The van der Waals surface area contributed by atoms with Gasteiger partial charge in [0.25, 0.3) is 5.91 Å². The van der Waals surface area contributed by atoms with Crippen molar-refractivity contribution in [2.24, 2.45) is 5.10 Å². The van der Waals surface area contributed by atoms with Crippen LogP contribution in [0.3, 0.4) is 0 Å². The maximum absolute atomic E-state index is 12.2. The first kappa shape index (κ1) is 17.3. The monoisotopic (exact) mass is 328 g/mol. The molecule has 2 aromatic carbocycles. The zero-order valence-electron chi connectivity index (χ0n) is 14.1. The lowest BCUT2D eigenvalue weighted by Crippen LogP contribution is -2.18. The molecule has 0 fully saturated rings. The van der Waals surface area contributed by atoms with Crippen LogP contribution in [0.1, 0.15) is 21.5 Å². The number of hydrazone groups is 1. The Hall–Kier alpha value is -3.02. The Morgan fingerprint density at radius 3 is 2.29 bits per heavy atom. The summed E-state index contributed by atoms with van der Waals surface area (Å²) in [6, 6.07) is 10.6. The van der Waals surface area contributed by atoms with Gasteiger partial charge in [-0.1, -0.05) is 12.1 Å². The van der Waals surface area contributed by atoms with E-state index in [0.29, 0.717) is 22.8 Å². The molecule has 6 nitrogen and oxygen atoms in total. The molecule has 0 aliphatic heterocycles. The van der Waals surface area contributed by atoms with E-state index in [0.717, 1.165) is 11.1 Å². The van der Waals surface area contributed by atoms with Crippen molar-refractivity contribution >= 4 is 12.1 Å². The van der Waals surface area contributed by atoms with Crippen LogP contribution in [0, 0.1) is 6.92 Å². The second-order valence-electron chi connectivity index (χ2n) is 4.96. The first-order chi connectivity index (χ1) is 11.6. The van der Waals surface area contributed by atoms with Crippen LogP contribution in [-0.2, 0) is 0 Å². The molecular weight excluding hydrogens is 308 g/mol. The summed E-state index contributed by atoms with van der Waals surface area (Å²) in [5.74, 6) is 1.39. The molecule has 126 valence electrons. The number of methoxy groups -OCH3 is 3. The lowest BCUT2D eigenvalue weighted by atomic mass is 10.1. The molecule has 24 heavy (non-hydrogen) atoms. The van der Waals surface area contributed by atoms with Crippen molar-refractivity contribution in [1.29, 1.82) is 0 Å². The summed E-state index contributed by atoms with van der Waals surface area (Å²) >= 11 is 0. The molecule has 0 bridgehead atoms. The summed E-state index contributed by atoms with van der Waals surface area (Å²) in [6.07, 6.45) is 1.56. The average molecular weight is 328 g/mol. The molecular formula is C18H20N2O4. The van der Waals surface area contributed by atoms with Crippen molar-refractivity contribution in [2.45, 2.75) is 6.92 Å². The largest absolute Gasteiger partial charge is 0.496 e. The van der Waals surface area contributed by atoms with E-state index in [1.807, 2.05) is 13.0 Å². The van der Waals surface area contributed by atoms with Crippen molar-refractivity contribution in [3.8, 4) is 17.2 Å². The summed E-state index contributed by atoms with van der Waals surface area (Å²) < 4.78 is 15.7. The van der Waals surface area contributed by atoms with Crippen molar-refractivity contribution in [1.82, 2.24) is 5.43 Å². The summed E-state index contributed by atoms with van der Waals surface area (Å²) in [5.41, 5.74) is 4.67. The van der Waals surface area contributed by atoms with Crippen LogP contribution in [0.25, 0.3) is 0 Å². The fourth-order valence-corrected chi connectivity index (χ4v) is 2.19. The molecule has 0 aliphatic carbocycles. The Morgan fingerprint density at radius 2 is 1.62 bits per heavy atom. The Labute approximate surface area is 141 Å². The topological polar surface area (TPSA) is 69.2 Å². The van der Waals surface area contributed by atoms with Gasteiger partial charge in [-0.05, 0) is 36.8 Å². The van der Waals surface area contributed by atoms with E-state index < -0.39 is 0 Å². The number of aryl methyl sites for hydroxylation is 1. The summed E-state index contributed by atoms with van der Waals surface area (Å²) in [4.78, 5) is 12.2. The Balaban J connectivity index is 2.15. The maximum Gasteiger partial charge on any atom is 0.275 e. The molecule has 0 aliphatic rings. The van der Waals surface area contributed by atoms with Gasteiger partial charge in [-0.3, -0.25) is 4.79 Å². The van der Waals surface area contributed by atoms with Gasteiger partial charge in [0.1, 0.15) is 5.75 Å². The highest BCUT2D eigenvalue weighted by atomic mass is 16.5. The van der Waals surface area contributed by atoms with Crippen molar-refractivity contribution in [2.75, 3.05) is 21.3 Å². The van der Waals surface area contributed by atoms with E-state index in [2.05, 4.69) is 10.5 Å². The lowest BCUT2D eigenvalue weighted by Gasteiger charge is -2.10. The fraction of sp³-hybridized carbons (Fsp3) is 0.222. The summed E-state index contributed by atoms with van der Waals surface area (Å²) in [5, 5.41) is 4.01. The van der Waals surface area contributed by atoms with Crippen LogP contribution in [0.4, 0.5) is 0 Å². The third kappa shape index (κ3) is 3.84. The molecule has 1 amide bonds. The first-order valence-corrected chi connectivity index (χ1v) is 7.29. The van der Waals surface area contributed by atoms with E-state index in [4.69, 9.17) is 14.2 Å². The minimum Gasteiger partial charge on any atom is -0.496 e. The van der Waals surface area contributed by atoms with Crippen LogP contribution in [0.5, 0.6) is 17.2 Å². The number of nitrogens with one attached hydrogen (secondary N) is 1. The molecule has 1 N–H and O–H groups in total. The number of carbonyl (C=O) groups excluding carboxylic acids is 1. The van der Waals surface area contributed by atoms with Gasteiger partial charge in [0.2, 0.25) is 0 Å². The van der Waals surface area contributed by atoms with E-state index in [1.165, 1.54) is 7.11 Å². The summed E-state index contributed by atoms with van der Waals surface area (Å²) in [7, 11) is 4.67. The minimum absolute atomic E-state index is 0.346. The second kappa shape index (κ2) is 8.01. The number of ether oxygens (including phenoxy) is 3. The van der Waals surface area contributed by atoms with E-state index in [1.54, 1.807) is 50.8 Å². The number of hydrogen-bond acceptors (Lipinski definition) is 5. The molecule has 6 heteroatoms. The van der Waals surface area contributed by atoms with Crippen LogP contribution >= 0.6 is 0 Å². The molecule has 0 atom stereocenters. The number of nitrogens with zero attached hydrogens (tertiary/aromatic N) is 1. The zero-order valence-corrected chi connectivity index (χ0v) is 14.1. The third-order valence-corrected chi connectivity index (χ3v) is 3.49. The van der Waals surface area contributed by atoms with Gasteiger partial charge in [0, 0.05) is 5.56 Å². The van der Waals surface area contributed by atoms with Gasteiger partial charge in [0.15, 0.2) is 11.5 Å². The molecule has 2 aromatic rings. The normalized spacial score (nSPS) is 10.5. The van der Waals surface area contributed by atoms with E-state index in [-0.39, 0.29) is 5.91 Å². The smallest absolute Gasteiger partial charge is 0.275 e. The van der Waals surface area contributed by atoms with Crippen molar-refractivity contribution in [3.63, 3.8) is 0 Å². The van der Waals surface area contributed by atoms with Crippen molar-refractivity contribution < 1.29 is 19.0 Å². The Kier molecular flexibility index (Phi) is 5.78. The Morgan fingerprint density at radius 1 is 1.00 bits per heavy atom. The molecule has 0 heterocycles. The number of carbonyl (C=O) groups is 1. The predicted molar refractivity (Wildman–Crippen MR) is 92.3 cm³/mol. The fourth-order valence-electron chi connectivity index (χ4n) is 2.19. The summed E-state index contributed by atoms with van der Waals surface area (Å²) in [6.45, 7) is 1.92. The molecule has 2 rings (SSSR count). The van der Waals surface area contributed by atoms with Crippen LogP contribution in [-0.4, -0.2) is 33.5 Å². The van der Waals surface area contributed by atoms with Gasteiger partial charge >= 0.3 is 0 Å². The van der Waals surface area contributed by atoms with Gasteiger partial charge < -0.3 is 14.2 Å². The Bertz CT molecular complexity index is 757. The van der Waals surface area contributed by atoms with Gasteiger partial charge in [0.05, 0.1) is 33.1 Å². The van der Waals surface area contributed by atoms with Gasteiger partial charge in [-0.15, -0.1) is 0 Å². The standard InChI is InChI=1S/C18H20N2O4/c1-12-9-16(23-3)17(24-4)10-13(12)11-19-20-18(21)14-7-5-6-8-15(14)22-2/h5-11H,1-4H3,(H,20,21)/b19-11-. The number of para-hydroxylation sites is 1. The van der Waals surface area contributed by atoms with Gasteiger partial charge in [-0.2, -0.15) is 5.10 Å². The molecule has 0 radical (unpaired) electrons. The second-order valence-corrected chi connectivity index (χ2v) is 4.96. The molecule has 0 unspecified atom stereocenters. The van der Waals surface area contributed by atoms with Crippen LogP contribution in [0.15, 0.2) is 41.5 Å². The zero-order chi connectivity index (χ0) is 17.5. The maximum atomic E-state index is 12.2. The van der Waals surface area contributed by atoms with Crippen LogP contribution < -0.4 is 19.6 Å². The number of rotatable bonds is 6.